The normalized spacial score (nSPS) is 13.8. The van der Waals surface area contributed by atoms with Crippen molar-refractivity contribution >= 4 is 51.9 Å². The number of aromatic nitrogens is 1. The first-order valence-electron chi connectivity index (χ1n) is 8.99. The van der Waals surface area contributed by atoms with Gasteiger partial charge in [0, 0.05) is 58.6 Å². The molecule has 1 heterocycles. The number of hydrogen-bond acceptors (Lipinski definition) is 6. The maximum Gasteiger partial charge on any atom is 0.244 e. The second kappa shape index (κ2) is 7.53. The van der Waals surface area contributed by atoms with Crippen LogP contribution >= 0.6 is 0 Å². The van der Waals surface area contributed by atoms with Gasteiger partial charge in [-0.15, -0.1) is 0 Å². The number of fused-ring (bicyclic) bond motifs is 3. The molecule has 13 heteroatoms. The molecule has 0 bridgehead atoms. The van der Waals surface area contributed by atoms with Crippen LogP contribution in [0.3, 0.4) is 0 Å². The second-order valence-electron chi connectivity index (χ2n) is 7.54. The number of rotatable bonds is 6. The zero-order valence-corrected chi connectivity index (χ0v) is 20.4. The molecule has 1 aromatic heterocycles. The molecule has 3 aromatic rings. The van der Waals surface area contributed by atoms with Crippen LogP contribution in [0.15, 0.2) is 45.0 Å². The van der Waals surface area contributed by atoms with Gasteiger partial charge in [-0.3, -0.25) is 0 Å². The van der Waals surface area contributed by atoms with E-state index in [-0.39, 0.29) is 25.6 Å². The van der Waals surface area contributed by atoms with E-state index in [1.54, 1.807) is 0 Å². The van der Waals surface area contributed by atoms with Crippen molar-refractivity contribution in [3.05, 3.63) is 30.3 Å². The topological polar surface area (TPSA) is 128 Å². The molecule has 0 radical (unpaired) electrons. The maximum absolute atomic E-state index is 13.0. The van der Waals surface area contributed by atoms with Gasteiger partial charge in [0.05, 0.1) is 15.3 Å². The standard InChI is InChI=1S/C18H24N4O6S3/c1-20(2)29(23,24)12-7-8-16-14(9-12)15-10-13(30(25,26)21(3)4)11-17(18(15)19-16)31(27,28)22(5)6/h7-11,19H,1-6H3. The Hall–Kier alpha value is -2.03. The Kier molecular flexibility index (Phi) is 5.74. The first-order chi connectivity index (χ1) is 14.1. The van der Waals surface area contributed by atoms with E-state index in [4.69, 9.17) is 0 Å². The summed E-state index contributed by atoms with van der Waals surface area (Å²) >= 11 is 0. The Morgan fingerprint density at radius 1 is 0.613 bits per heavy atom. The van der Waals surface area contributed by atoms with Crippen molar-refractivity contribution in [3.63, 3.8) is 0 Å². The van der Waals surface area contributed by atoms with Crippen LogP contribution in [-0.2, 0) is 30.1 Å². The van der Waals surface area contributed by atoms with Crippen LogP contribution in [0.1, 0.15) is 0 Å². The lowest BCUT2D eigenvalue weighted by Crippen LogP contribution is -2.25. The van der Waals surface area contributed by atoms with E-state index in [2.05, 4.69) is 4.98 Å². The Morgan fingerprint density at radius 3 is 1.61 bits per heavy atom. The minimum absolute atomic E-state index is 0.00351. The average Bonchev–Trinajstić information content (AvgIpc) is 3.04. The molecule has 31 heavy (non-hydrogen) atoms. The maximum atomic E-state index is 13.0. The monoisotopic (exact) mass is 488 g/mol. The fraction of sp³-hybridized carbons (Fsp3) is 0.333. The van der Waals surface area contributed by atoms with Gasteiger partial charge in [0.15, 0.2) is 0 Å². The molecule has 0 aliphatic carbocycles. The summed E-state index contributed by atoms with van der Waals surface area (Å²) in [5.41, 5.74) is 0.670. The minimum atomic E-state index is -4.02. The summed E-state index contributed by atoms with van der Waals surface area (Å²) in [4.78, 5) is 2.57. The van der Waals surface area contributed by atoms with Crippen LogP contribution in [0.2, 0.25) is 0 Å². The quantitative estimate of drug-likeness (QED) is 0.553. The third kappa shape index (κ3) is 3.75. The van der Waals surface area contributed by atoms with Gasteiger partial charge in [-0.1, -0.05) is 0 Å². The lowest BCUT2D eigenvalue weighted by molar-refractivity contribution is 0.517. The van der Waals surface area contributed by atoms with Crippen LogP contribution in [0.25, 0.3) is 21.8 Å². The molecule has 1 N–H and O–H groups in total. The number of benzene rings is 2. The molecular weight excluding hydrogens is 464 g/mol. The molecule has 0 aliphatic rings. The number of aromatic amines is 1. The van der Waals surface area contributed by atoms with Crippen molar-refractivity contribution in [3.8, 4) is 0 Å². The molecule has 0 saturated heterocycles. The summed E-state index contributed by atoms with van der Waals surface area (Å²) in [6.45, 7) is 0. The lowest BCUT2D eigenvalue weighted by atomic mass is 10.1. The van der Waals surface area contributed by atoms with E-state index in [1.165, 1.54) is 66.6 Å². The van der Waals surface area contributed by atoms with Crippen LogP contribution in [0.5, 0.6) is 0 Å². The fourth-order valence-electron chi connectivity index (χ4n) is 3.05. The smallest absolute Gasteiger partial charge is 0.244 e. The van der Waals surface area contributed by atoms with Crippen molar-refractivity contribution in [2.24, 2.45) is 0 Å². The molecule has 0 spiro atoms. The van der Waals surface area contributed by atoms with E-state index >= 15 is 0 Å². The molecule has 2 aromatic carbocycles. The molecule has 10 nitrogen and oxygen atoms in total. The highest BCUT2D eigenvalue weighted by molar-refractivity contribution is 7.90. The number of hydrogen-bond donors (Lipinski definition) is 1. The first kappa shape index (κ1) is 23.6. The summed E-state index contributed by atoms with van der Waals surface area (Å²) in [7, 11) is -3.55. The van der Waals surface area contributed by atoms with Gasteiger partial charge in [0.2, 0.25) is 30.1 Å². The van der Waals surface area contributed by atoms with E-state index < -0.39 is 30.1 Å². The van der Waals surface area contributed by atoms with Crippen LogP contribution < -0.4 is 0 Å². The summed E-state index contributed by atoms with van der Waals surface area (Å²) in [6, 6.07) is 6.80. The first-order valence-corrected chi connectivity index (χ1v) is 13.3. The van der Waals surface area contributed by atoms with Gasteiger partial charge in [-0.25, -0.2) is 38.2 Å². The Morgan fingerprint density at radius 2 is 1.10 bits per heavy atom. The molecule has 0 unspecified atom stereocenters. The Labute approximate surface area is 182 Å². The molecule has 0 amide bonds. The zero-order valence-electron chi connectivity index (χ0n) is 17.9. The average molecular weight is 489 g/mol. The highest BCUT2D eigenvalue weighted by Crippen LogP contribution is 2.35. The largest absolute Gasteiger partial charge is 0.353 e. The van der Waals surface area contributed by atoms with E-state index in [0.717, 1.165) is 19.0 Å². The van der Waals surface area contributed by atoms with E-state index in [0.29, 0.717) is 10.9 Å². The van der Waals surface area contributed by atoms with Crippen LogP contribution in [-0.4, -0.2) is 85.4 Å². The molecule has 3 rings (SSSR count). The molecular formula is C18H24N4O6S3. The van der Waals surface area contributed by atoms with Crippen LogP contribution in [0.4, 0.5) is 0 Å². The van der Waals surface area contributed by atoms with Gasteiger partial charge < -0.3 is 4.98 Å². The van der Waals surface area contributed by atoms with Crippen LogP contribution in [0, 0.1) is 0 Å². The van der Waals surface area contributed by atoms with Gasteiger partial charge in [0.25, 0.3) is 0 Å². The molecule has 0 fully saturated rings. The highest BCUT2D eigenvalue weighted by Gasteiger charge is 2.28. The van der Waals surface area contributed by atoms with Gasteiger partial charge in [0.1, 0.15) is 4.90 Å². The van der Waals surface area contributed by atoms with E-state index in [1.807, 2.05) is 0 Å². The third-order valence-corrected chi connectivity index (χ3v) is 10.4. The Balaban J connectivity index is 2.52. The predicted molar refractivity (Wildman–Crippen MR) is 118 cm³/mol. The molecule has 0 aliphatic heterocycles. The number of H-pyrrole nitrogens is 1. The van der Waals surface area contributed by atoms with Crippen molar-refractivity contribution in [1.29, 1.82) is 0 Å². The van der Waals surface area contributed by atoms with Crippen molar-refractivity contribution in [1.82, 2.24) is 17.9 Å². The lowest BCUT2D eigenvalue weighted by Gasteiger charge is -2.16. The number of nitrogens with one attached hydrogen (secondary N) is 1. The van der Waals surface area contributed by atoms with Gasteiger partial charge in [-0.05, 0) is 30.3 Å². The summed E-state index contributed by atoms with van der Waals surface area (Å²) in [5.74, 6) is 0. The molecule has 0 saturated carbocycles. The van der Waals surface area contributed by atoms with Crippen molar-refractivity contribution in [2.45, 2.75) is 14.7 Å². The predicted octanol–water partition coefficient (Wildman–Crippen LogP) is 1.07. The fourth-order valence-corrected chi connectivity index (χ4v) is 6.10. The minimum Gasteiger partial charge on any atom is -0.353 e. The highest BCUT2D eigenvalue weighted by atomic mass is 32.2. The summed E-state index contributed by atoms with van der Waals surface area (Å²) in [6.07, 6.45) is 0. The molecule has 0 atom stereocenters. The molecule has 170 valence electrons. The SMILES string of the molecule is CN(C)S(=O)(=O)c1ccc2[nH]c3c(S(=O)(=O)N(C)C)cc(S(=O)(=O)N(C)C)cc3c2c1. The van der Waals surface area contributed by atoms with Gasteiger partial charge >= 0.3 is 0 Å². The number of sulfonamides is 3. The zero-order chi connectivity index (χ0) is 23.5. The summed E-state index contributed by atoms with van der Waals surface area (Å²) < 4.78 is 79.8. The van der Waals surface area contributed by atoms with Crippen molar-refractivity contribution < 1.29 is 25.3 Å². The number of nitrogens with zero attached hydrogens (tertiary/aromatic N) is 3. The van der Waals surface area contributed by atoms with Crippen molar-refractivity contribution in [2.75, 3.05) is 42.3 Å². The third-order valence-electron chi connectivity index (χ3n) is 4.93. The summed E-state index contributed by atoms with van der Waals surface area (Å²) in [5, 5.41) is 0.679. The Bertz CT molecular complexity index is 1500. The second-order valence-corrected chi connectivity index (χ2v) is 14.0. The van der Waals surface area contributed by atoms with E-state index in [9.17, 15) is 25.3 Å². The van der Waals surface area contributed by atoms with Gasteiger partial charge in [-0.2, -0.15) is 0 Å².